The van der Waals surface area contributed by atoms with Crippen molar-refractivity contribution in [1.82, 2.24) is 0 Å². The highest BCUT2D eigenvalue weighted by Crippen LogP contribution is 2.20. The normalized spacial score (nSPS) is 12.5. The Morgan fingerprint density at radius 1 is 1.54 bits per heavy atom. The van der Waals surface area contributed by atoms with Gasteiger partial charge in [-0.15, -0.1) is 0 Å². The molecule has 0 saturated carbocycles. The number of rotatable bonds is 2. The summed E-state index contributed by atoms with van der Waals surface area (Å²) in [5, 5.41) is 17.8. The first-order valence-corrected chi connectivity index (χ1v) is 3.84. The minimum Gasteiger partial charge on any atom is -0.508 e. The lowest BCUT2D eigenvalue weighted by molar-refractivity contribution is 0.0694. The van der Waals surface area contributed by atoms with E-state index in [0.29, 0.717) is 5.56 Å². The molecule has 4 heteroatoms. The summed E-state index contributed by atoms with van der Waals surface area (Å²) in [6, 6.07) is 3.78. The molecule has 0 spiro atoms. The monoisotopic (exact) mass is 181 g/mol. The summed E-state index contributed by atoms with van der Waals surface area (Å²) >= 11 is 0. The molecule has 1 unspecified atom stereocenters. The number of aromatic hydroxyl groups is 1. The molecule has 1 rings (SSSR count). The van der Waals surface area contributed by atoms with Crippen LogP contribution in [0, 0.1) is 0 Å². The molecule has 0 heterocycles. The average Bonchev–Trinajstić information content (AvgIpc) is 2.03. The van der Waals surface area contributed by atoms with Gasteiger partial charge in [0.05, 0.1) is 5.56 Å². The number of hydrogen-bond acceptors (Lipinski definition) is 3. The van der Waals surface area contributed by atoms with Gasteiger partial charge in [-0.2, -0.15) is 0 Å². The van der Waals surface area contributed by atoms with Crippen LogP contribution < -0.4 is 5.73 Å². The molecule has 1 aromatic rings. The maximum absolute atomic E-state index is 10.7. The summed E-state index contributed by atoms with van der Waals surface area (Å²) in [4.78, 5) is 10.7. The van der Waals surface area contributed by atoms with Gasteiger partial charge in [0.15, 0.2) is 0 Å². The van der Waals surface area contributed by atoms with Crippen LogP contribution in [0.5, 0.6) is 5.75 Å². The molecular weight excluding hydrogens is 170 g/mol. The first-order chi connectivity index (χ1) is 6.02. The third-order valence-electron chi connectivity index (χ3n) is 1.76. The Hall–Kier alpha value is -1.55. The first-order valence-electron chi connectivity index (χ1n) is 3.84. The summed E-state index contributed by atoms with van der Waals surface area (Å²) in [6.07, 6.45) is 0. The lowest BCUT2D eigenvalue weighted by Crippen LogP contribution is -2.11. The lowest BCUT2D eigenvalue weighted by atomic mass is 10.0. The standard InChI is InChI=1S/C9H11NO3/c1-5(10)7-3-2-6(11)4-8(7)9(12)13/h2-5,11H,10H2,1H3,(H,12,13). The Kier molecular flexibility index (Phi) is 2.53. The number of carboxylic acids is 1. The number of benzene rings is 1. The van der Waals surface area contributed by atoms with Crippen LogP contribution in [-0.4, -0.2) is 16.2 Å². The van der Waals surface area contributed by atoms with Crippen molar-refractivity contribution >= 4 is 5.97 Å². The largest absolute Gasteiger partial charge is 0.508 e. The maximum atomic E-state index is 10.7. The maximum Gasteiger partial charge on any atom is 0.336 e. The summed E-state index contributed by atoms with van der Waals surface area (Å²) < 4.78 is 0. The Morgan fingerprint density at radius 2 is 2.15 bits per heavy atom. The van der Waals surface area contributed by atoms with E-state index < -0.39 is 5.97 Å². The van der Waals surface area contributed by atoms with E-state index in [4.69, 9.17) is 15.9 Å². The van der Waals surface area contributed by atoms with E-state index in [9.17, 15) is 4.79 Å². The molecule has 0 bridgehead atoms. The van der Waals surface area contributed by atoms with Crippen molar-refractivity contribution in [1.29, 1.82) is 0 Å². The Morgan fingerprint density at radius 3 is 2.62 bits per heavy atom. The molecule has 4 nitrogen and oxygen atoms in total. The van der Waals surface area contributed by atoms with Crippen molar-refractivity contribution in [2.45, 2.75) is 13.0 Å². The summed E-state index contributed by atoms with van der Waals surface area (Å²) in [7, 11) is 0. The molecule has 0 radical (unpaired) electrons. The predicted molar refractivity (Wildman–Crippen MR) is 47.7 cm³/mol. The predicted octanol–water partition coefficient (Wildman–Crippen LogP) is 1.11. The summed E-state index contributed by atoms with van der Waals surface area (Å²) in [6.45, 7) is 1.69. The van der Waals surface area contributed by atoms with E-state index in [1.54, 1.807) is 6.92 Å². The number of nitrogens with two attached hydrogens (primary N) is 1. The number of phenolic OH excluding ortho intramolecular Hbond substituents is 1. The highest BCUT2D eigenvalue weighted by atomic mass is 16.4. The van der Waals surface area contributed by atoms with Crippen LogP contribution in [0.2, 0.25) is 0 Å². The van der Waals surface area contributed by atoms with Gasteiger partial charge in [-0.3, -0.25) is 0 Å². The van der Waals surface area contributed by atoms with Crippen LogP contribution in [0.1, 0.15) is 28.9 Å². The van der Waals surface area contributed by atoms with Crippen LogP contribution in [0.4, 0.5) is 0 Å². The van der Waals surface area contributed by atoms with Gasteiger partial charge in [-0.05, 0) is 24.6 Å². The molecule has 1 aromatic carbocycles. The Labute approximate surface area is 75.6 Å². The van der Waals surface area contributed by atoms with E-state index in [1.165, 1.54) is 18.2 Å². The molecule has 0 amide bonds. The van der Waals surface area contributed by atoms with Gasteiger partial charge in [0.25, 0.3) is 0 Å². The number of hydrogen-bond donors (Lipinski definition) is 3. The van der Waals surface area contributed by atoms with Gasteiger partial charge < -0.3 is 15.9 Å². The van der Waals surface area contributed by atoms with Crippen molar-refractivity contribution in [3.63, 3.8) is 0 Å². The second-order valence-electron chi connectivity index (χ2n) is 2.87. The SMILES string of the molecule is CC(N)c1ccc(O)cc1C(=O)O. The van der Waals surface area contributed by atoms with Crippen molar-refractivity contribution in [2.75, 3.05) is 0 Å². The zero-order valence-corrected chi connectivity index (χ0v) is 7.19. The lowest BCUT2D eigenvalue weighted by Gasteiger charge is -2.09. The fraction of sp³-hybridized carbons (Fsp3) is 0.222. The molecule has 0 saturated heterocycles. The van der Waals surface area contributed by atoms with Crippen LogP contribution in [0.25, 0.3) is 0 Å². The number of aromatic carboxylic acids is 1. The van der Waals surface area contributed by atoms with Gasteiger partial charge >= 0.3 is 5.97 Å². The minimum atomic E-state index is -1.08. The topological polar surface area (TPSA) is 83.5 Å². The van der Waals surface area contributed by atoms with E-state index >= 15 is 0 Å². The van der Waals surface area contributed by atoms with E-state index in [-0.39, 0.29) is 17.4 Å². The quantitative estimate of drug-likeness (QED) is 0.638. The van der Waals surface area contributed by atoms with Crippen LogP contribution in [-0.2, 0) is 0 Å². The number of carboxylic acid groups (broad SMARTS) is 1. The zero-order chi connectivity index (χ0) is 10.0. The third-order valence-corrected chi connectivity index (χ3v) is 1.76. The van der Waals surface area contributed by atoms with Gasteiger partial charge in [0, 0.05) is 6.04 Å². The van der Waals surface area contributed by atoms with Crippen molar-refractivity contribution < 1.29 is 15.0 Å². The van der Waals surface area contributed by atoms with Crippen LogP contribution in [0.3, 0.4) is 0 Å². The molecular formula is C9H11NO3. The molecule has 4 N–H and O–H groups in total. The third kappa shape index (κ3) is 1.97. The Balaban J connectivity index is 3.27. The molecule has 0 aliphatic heterocycles. The molecule has 13 heavy (non-hydrogen) atoms. The fourth-order valence-electron chi connectivity index (χ4n) is 1.13. The molecule has 0 aliphatic rings. The van der Waals surface area contributed by atoms with Gasteiger partial charge in [0.2, 0.25) is 0 Å². The van der Waals surface area contributed by atoms with Crippen molar-refractivity contribution in [3.8, 4) is 5.75 Å². The second kappa shape index (κ2) is 3.45. The first kappa shape index (κ1) is 9.54. The fourth-order valence-corrected chi connectivity index (χ4v) is 1.13. The van der Waals surface area contributed by atoms with Crippen molar-refractivity contribution in [3.05, 3.63) is 29.3 Å². The highest BCUT2D eigenvalue weighted by molar-refractivity contribution is 5.90. The minimum absolute atomic E-state index is 0.0509. The number of phenols is 1. The average molecular weight is 181 g/mol. The zero-order valence-electron chi connectivity index (χ0n) is 7.19. The molecule has 70 valence electrons. The molecule has 0 fully saturated rings. The van der Waals surface area contributed by atoms with Crippen molar-refractivity contribution in [2.24, 2.45) is 5.73 Å². The summed E-state index contributed by atoms with van der Waals surface area (Å²) in [5.41, 5.74) is 6.13. The molecule has 0 aliphatic carbocycles. The number of carbonyl (C=O) groups is 1. The van der Waals surface area contributed by atoms with Gasteiger partial charge in [-0.1, -0.05) is 6.07 Å². The van der Waals surface area contributed by atoms with Gasteiger partial charge in [0.1, 0.15) is 5.75 Å². The second-order valence-corrected chi connectivity index (χ2v) is 2.87. The Bertz CT molecular complexity index is 334. The van der Waals surface area contributed by atoms with E-state index in [0.717, 1.165) is 0 Å². The van der Waals surface area contributed by atoms with E-state index in [1.807, 2.05) is 0 Å². The van der Waals surface area contributed by atoms with Crippen LogP contribution in [0.15, 0.2) is 18.2 Å². The van der Waals surface area contributed by atoms with Gasteiger partial charge in [-0.25, -0.2) is 4.79 Å². The smallest absolute Gasteiger partial charge is 0.336 e. The molecule has 1 atom stereocenters. The van der Waals surface area contributed by atoms with E-state index in [2.05, 4.69) is 0 Å². The van der Waals surface area contributed by atoms with Crippen LogP contribution >= 0.6 is 0 Å². The highest BCUT2D eigenvalue weighted by Gasteiger charge is 2.13. The molecule has 0 aromatic heterocycles. The summed E-state index contributed by atoms with van der Waals surface area (Å²) in [5.74, 6) is -1.15.